The number of carboxylic acids is 1. The van der Waals surface area contributed by atoms with Crippen molar-refractivity contribution in [3.05, 3.63) is 53.6 Å². The van der Waals surface area contributed by atoms with Crippen LogP contribution in [0.25, 0.3) is 0 Å². The third kappa shape index (κ3) is 9.13. The van der Waals surface area contributed by atoms with E-state index in [0.29, 0.717) is 29.9 Å². The molecule has 0 saturated carbocycles. The number of carbonyl (C=O) groups excluding carboxylic acids is 1. The van der Waals surface area contributed by atoms with Gasteiger partial charge in [0, 0.05) is 44.8 Å². The molecule has 0 unspecified atom stereocenters. The van der Waals surface area contributed by atoms with Gasteiger partial charge in [0.1, 0.15) is 0 Å². The number of sulfonamides is 1. The molecule has 3 rings (SSSR count). The van der Waals surface area contributed by atoms with Gasteiger partial charge in [-0.15, -0.1) is 0 Å². The molecule has 0 aliphatic carbocycles. The summed E-state index contributed by atoms with van der Waals surface area (Å²) in [5, 5.41) is 10.4. The van der Waals surface area contributed by atoms with Gasteiger partial charge in [-0.3, -0.25) is 9.52 Å². The Bertz CT molecular complexity index is 1230. The fourth-order valence-electron chi connectivity index (χ4n) is 3.92. The van der Waals surface area contributed by atoms with Crippen LogP contribution in [0.3, 0.4) is 0 Å². The van der Waals surface area contributed by atoms with E-state index in [-0.39, 0.29) is 10.8 Å². The number of anilines is 2. The number of piperazine rings is 1. The average molecular weight is 573 g/mol. The zero-order valence-corrected chi connectivity index (χ0v) is 23.0. The lowest BCUT2D eigenvalue weighted by molar-refractivity contribution is -0.192. The number of benzene rings is 2. The second-order valence-electron chi connectivity index (χ2n) is 8.88. The molecule has 9 nitrogen and oxygen atoms in total. The lowest BCUT2D eigenvalue weighted by Gasteiger charge is -2.31. The Labute approximate surface area is 227 Å². The van der Waals surface area contributed by atoms with Crippen LogP contribution in [-0.4, -0.2) is 75.7 Å². The Kier molecular flexibility index (Phi) is 11.6. The summed E-state index contributed by atoms with van der Waals surface area (Å²) >= 11 is 0. The van der Waals surface area contributed by atoms with Gasteiger partial charge in [0.25, 0.3) is 15.9 Å². The van der Waals surface area contributed by atoms with Gasteiger partial charge in [0.15, 0.2) is 0 Å². The van der Waals surface area contributed by atoms with Gasteiger partial charge in [-0.25, -0.2) is 13.2 Å². The van der Waals surface area contributed by atoms with Crippen molar-refractivity contribution in [3.8, 4) is 0 Å². The maximum Gasteiger partial charge on any atom is 0.490 e. The van der Waals surface area contributed by atoms with Crippen molar-refractivity contribution in [3.63, 3.8) is 0 Å². The fraction of sp³-hybridized carbons (Fsp3) is 0.462. The molecule has 1 aliphatic heterocycles. The largest absolute Gasteiger partial charge is 0.490 e. The highest BCUT2D eigenvalue weighted by Gasteiger charge is 2.38. The van der Waals surface area contributed by atoms with Crippen molar-refractivity contribution < 1.29 is 36.3 Å². The third-order valence-corrected chi connectivity index (χ3v) is 7.55. The lowest BCUT2D eigenvalue weighted by atomic mass is 10.1. The van der Waals surface area contributed by atoms with Crippen LogP contribution >= 0.6 is 0 Å². The van der Waals surface area contributed by atoms with Gasteiger partial charge in [-0.2, -0.15) is 13.2 Å². The Balaban J connectivity index is 0.000000673. The van der Waals surface area contributed by atoms with E-state index < -0.39 is 22.2 Å². The molecule has 13 heteroatoms. The van der Waals surface area contributed by atoms with Crippen LogP contribution < -0.4 is 14.9 Å². The van der Waals surface area contributed by atoms with E-state index in [4.69, 9.17) is 9.90 Å². The number of aliphatic carboxylic acids is 1. The van der Waals surface area contributed by atoms with E-state index in [1.165, 1.54) is 0 Å². The normalized spacial score (nSPS) is 13.7. The Morgan fingerprint density at radius 2 is 1.72 bits per heavy atom. The first-order valence-electron chi connectivity index (χ1n) is 12.6. The quantitative estimate of drug-likeness (QED) is 0.414. The average Bonchev–Trinajstić information content (AvgIpc) is 2.89. The van der Waals surface area contributed by atoms with Crippen molar-refractivity contribution in [1.29, 1.82) is 0 Å². The van der Waals surface area contributed by atoms with Crippen molar-refractivity contribution in [2.45, 2.75) is 44.7 Å². The smallest absolute Gasteiger partial charge is 0.475 e. The molecule has 2 aromatic rings. The number of rotatable bonds is 9. The monoisotopic (exact) mass is 572 g/mol. The predicted octanol–water partition coefficient (Wildman–Crippen LogP) is 4.10. The predicted molar refractivity (Wildman–Crippen MR) is 144 cm³/mol. The summed E-state index contributed by atoms with van der Waals surface area (Å²) < 4.78 is 61.0. The maximum atomic E-state index is 13.2. The fourth-order valence-corrected chi connectivity index (χ4v) is 5.24. The van der Waals surface area contributed by atoms with Crippen LogP contribution in [0.4, 0.5) is 24.5 Å². The minimum absolute atomic E-state index is 0.0795. The maximum absolute atomic E-state index is 13.2. The molecule has 0 atom stereocenters. The molecule has 0 bridgehead atoms. The molecule has 1 aliphatic rings. The summed E-state index contributed by atoms with van der Waals surface area (Å²) in [5.41, 5.74) is 2.39. The number of carbonyl (C=O) groups is 2. The van der Waals surface area contributed by atoms with Crippen LogP contribution in [0.1, 0.15) is 42.6 Å². The highest BCUT2D eigenvalue weighted by molar-refractivity contribution is 7.92. The molecular weight excluding hydrogens is 537 g/mol. The number of unbranched alkanes of at least 4 members (excludes halogenated alkanes) is 1. The highest BCUT2D eigenvalue weighted by Crippen LogP contribution is 2.31. The zero-order chi connectivity index (χ0) is 29.2. The van der Waals surface area contributed by atoms with Crippen LogP contribution in [0.15, 0.2) is 47.4 Å². The molecule has 216 valence electrons. The molecule has 1 fully saturated rings. The molecule has 0 spiro atoms. The number of nitrogens with one attached hydrogen (secondary N) is 2. The first-order chi connectivity index (χ1) is 18.3. The minimum Gasteiger partial charge on any atom is -0.475 e. The van der Waals surface area contributed by atoms with Gasteiger partial charge in [0.05, 0.1) is 16.3 Å². The van der Waals surface area contributed by atoms with Crippen LogP contribution in [0, 0.1) is 6.92 Å². The third-order valence-electron chi connectivity index (χ3n) is 6.02. The number of carboxylic acid groups (broad SMARTS) is 1. The van der Waals surface area contributed by atoms with Crippen molar-refractivity contribution >= 4 is 33.3 Å². The number of alkyl halides is 3. The van der Waals surface area contributed by atoms with Gasteiger partial charge in [-0.1, -0.05) is 31.5 Å². The summed E-state index contributed by atoms with van der Waals surface area (Å²) in [6.45, 7) is 10.3. The lowest BCUT2D eigenvalue weighted by Crippen LogP contribution is -2.43. The first kappa shape index (κ1) is 31.9. The summed E-state index contributed by atoms with van der Waals surface area (Å²) in [6.07, 6.45) is -3.14. The minimum atomic E-state index is -5.08. The topological polar surface area (TPSA) is 119 Å². The highest BCUT2D eigenvalue weighted by atomic mass is 32.2. The molecule has 39 heavy (non-hydrogen) atoms. The zero-order valence-electron chi connectivity index (χ0n) is 22.2. The summed E-state index contributed by atoms with van der Waals surface area (Å²) in [7, 11) is -3.80. The number of hydrogen-bond donors (Lipinski definition) is 3. The van der Waals surface area contributed by atoms with Crippen LogP contribution in [-0.2, 0) is 14.8 Å². The van der Waals surface area contributed by atoms with Gasteiger partial charge < -0.3 is 20.2 Å². The van der Waals surface area contributed by atoms with Gasteiger partial charge >= 0.3 is 12.1 Å². The number of nitrogens with zero attached hydrogens (tertiary/aromatic N) is 2. The molecular formula is C26H35F3N4O5S. The number of halogens is 3. The van der Waals surface area contributed by atoms with Gasteiger partial charge in [0.2, 0.25) is 0 Å². The Morgan fingerprint density at radius 3 is 2.26 bits per heavy atom. The van der Waals surface area contributed by atoms with Crippen molar-refractivity contribution in [2.24, 2.45) is 0 Å². The molecule has 3 N–H and O–H groups in total. The standard InChI is InChI=1S/C24H34N4O3S.C2HF3O2/c1-4-6-15-27(5-2)24(29)20-11-12-22(28-16-13-25-14-17-28)21(18-20)26-32(30,31)23-10-8-7-9-19(23)3;3-2(4,5)1(6)7/h7-12,18,25-26H,4-6,13-17H2,1-3H3;(H,6,7). The van der Waals surface area contributed by atoms with E-state index in [2.05, 4.69) is 21.9 Å². The van der Waals surface area contributed by atoms with E-state index in [1.54, 1.807) is 37.3 Å². The van der Waals surface area contributed by atoms with E-state index in [0.717, 1.165) is 44.7 Å². The SMILES string of the molecule is CCCCN(CC)C(=O)c1ccc(N2CCNCC2)c(NS(=O)(=O)c2ccccc2C)c1.O=C(O)C(F)(F)F. The number of hydrogen-bond acceptors (Lipinski definition) is 6. The summed E-state index contributed by atoms with van der Waals surface area (Å²) in [6, 6.07) is 12.3. The second-order valence-corrected chi connectivity index (χ2v) is 10.5. The number of aryl methyl sites for hydroxylation is 1. The Morgan fingerprint density at radius 1 is 1.10 bits per heavy atom. The van der Waals surface area contributed by atoms with Crippen molar-refractivity contribution in [2.75, 3.05) is 48.9 Å². The molecule has 1 saturated heterocycles. The molecule has 1 heterocycles. The van der Waals surface area contributed by atoms with E-state index in [1.807, 2.05) is 24.0 Å². The second kappa shape index (κ2) is 14.2. The molecule has 0 aromatic heterocycles. The van der Waals surface area contributed by atoms with Crippen LogP contribution in [0.5, 0.6) is 0 Å². The molecule has 0 radical (unpaired) electrons. The van der Waals surface area contributed by atoms with Crippen molar-refractivity contribution in [1.82, 2.24) is 10.2 Å². The molecule has 1 amide bonds. The number of amides is 1. The summed E-state index contributed by atoms with van der Waals surface area (Å²) in [4.78, 5) is 26.2. The Hall–Kier alpha value is -3.32. The summed E-state index contributed by atoms with van der Waals surface area (Å²) in [5.74, 6) is -2.84. The van der Waals surface area contributed by atoms with Crippen LogP contribution in [0.2, 0.25) is 0 Å². The van der Waals surface area contributed by atoms with E-state index in [9.17, 15) is 26.4 Å². The first-order valence-corrected chi connectivity index (χ1v) is 14.1. The van der Waals surface area contributed by atoms with Gasteiger partial charge in [-0.05, 0) is 50.1 Å². The molecule has 2 aromatic carbocycles. The van der Waals surface area contributed by atoms with E-state index >= 15 is 0 Å².